The van der Waals surface area contributed by atoms with Gasteiger partial charge in [-0.15, -0.1) is 0 Å². The van der Waals surface area contributed by atoms with Crippen LogP contribution >= 0.6 is 15.9 Å². The van der Waals surface area contributed by atoms with E-state index in [0.717, 1.165) is 0 Å². The molecule has 0 amide bonds. The fourth-order valence-electron chi connectivity index (χ4n) is 0.734. The summed E-state index contributed by atoms with van der Waals surface area (Å²) >= 11 is 2.22. The maximum atomic E-state index is 12.5. The monoisotopic (exact) mass is 231 g/mol. The number of nitriles is 1. The molecular weight excluding hydrogens is 228 g/mol. The zero-order valence-corrected chi connectivity index (χ0v) is 7.48. The maximum Gasteiger partial charge on any atom is 0.326 e. The molecule has 0 aromatic heterocycles. The third-order valence-electron chi connectivity index (χ3n) is 1.34. The molecule has 0 spiro atoms. The van der Waals surface area contributed by atoms with Gasteiger partial charge in [-0.2, -0.15) is 14.0 Å². The SMILES string of the molecule is N#Cc1ccc(C(F)(F)Br)cc1. The van der Waals surface area contributed by atoms with Crippen molar-refractivity contribution < 1.29 is 8.78 Å². The van der Waals surface area contributed by atoms with Gasteiger partial charge in [0.05, 0.1) is 11.6 Å². The predicted molar refractivity (Wildman–Crippen MR) is 44.0 cm³/mol. The molecule has 0 atom stereocenters. The molecule has 0 unspecified atom stereocenters. The molecule has 0 aliphatic heterocycles. The third kappa shape index (κ3) is 2.02. The normalized spacial score (nSPS) is 10.8. The van der Waals surface area contributed by atoms with Gasteiger partial charge < -0.3 is 0 Å². The average molecular weight is 232 g/mol. The topological polar surface area (TPSA) is 23.8 Å². The number of halogens is 3. The van der Waals surface area contributed by atoms with Gasteiger partial charge in [0.15, 0.2) is 0 Å². The van der Waals surface area contributed by atoms with Crippen LogP contribution < -0.4 is 0 Å². The average Bonchev–Trinajstić information content (AvgIpc) is 2.03. The summed E-state index contributed by atoms with van der Waals surface area (Å²) in [6.07, 6.45) is 0. The van der Waals surface area contributed by atoms with E-state index >= 15 is 0 Å². The molecule has 0 heterocycles. The third-order valence-corrected chi connectivity index (χ3v) is 1.80. The van der Waals surface area contributed by atoms with Gasteiger partial charge in [0, 0.05) is 5.56 Å². The second-order valence-corrected chi connectivity index (χ2v) is 3.18. The molecule has 0 saturated carbocycles. The lowest BCUT2D eigenvalue weighted by Gasteiger charge is -2.07. The van der Waals surface area contributed by atoms with Crippen molar-refractivity contribution in [3.63, 3.8) is 0 Å². The summed E-state index contributed by atoms with van der Waals surface area (Å²) in [4.78, 5) is -3.01. The van der Waals surface area contributed by atoms with Crippen LogP contribution in [-0.2, 0) is 4.83 Å². The van der Waals surface area contributed by atoms with Crippen LogP contribution in [0.3, 0.4) is 0 Å². The van der Waals surface area contributed by atoms with Gasteiger partial charge in [0.2, 0.25) is 0 Å². The van der Waals surface area contributed by atoms with E-state index in [-0.39, 0.29) is 5.56 Å². The Morgan fingerprint density at radius 2 is 1.75 bits per heavy atom. The smallest absolute Gasteiger partial charge is 0.192 e. The number of hydrogen-bond donors (Lipinski definition) is 0. The first kappa shape index (κ1) is 9.14. The van der Waals surface area contributed by atoms with Crippen molar-refractivity contribution >= 4 is 15.9 Å². The summed E-state index contributed by atoms with van der Waals surface area (Å²) in [5.41, 5.74) is 0.219. The number of rotatable bonds is 1. The molecule has 0 N–H and O–H groups in total. The van der Waals surface area contributed by atoms with Crippen LogP contribution in [0.15, 0.2) is 24.3 Å². The highest BCUT2D eigenvalue weighted by atomic mass is 79.9. The van der Waals surface area contributed by atoms with Crippen molar-refractivity contribution in [3.8, 4) is 6.07 Å². The van der Waals surface area contributed by atoms with Crippen molar-refractivity contribution in [2.75, 3.05) is 0 Å². The minimum atomic E-state index is -3.01. The molecule has 12 heavy (non-hydrogen) atoms. The van der Waals surface area contributed by atoms with E-state index in [1.54, 1.807) is 0 Å². The molecule has 0 radical (unpaired) electrons. The Bertz CT molecular complexity index is 307. The van der Waals surface area contributed by atoms with E-state index in [1.807, 2.05) is 6.07 Å². The molecule has 1 nitrogen and oxygen atoms in total. The Morgan fingerprint density at radius 1 is 1.25 bits per heavy atom. The van der Waals surface area contributed by atoms with Gasteiger partial charge in [0.25, 0.3) is 0 Å². The number of nitrogens with zero attached hydrogens (tertiary/aromatic N) is 1. The van der Waals surface area contributed by atoms with Crippen LogP contribution in [0.4, 0.5) is 8.78 Å². The van der Waals surface area contributed by atoms with E-state index in [1.165, 1.54) is 24.3 Å². The van der Waals surface area contributed by atoms with Crippen molar-refractivity contribution in [3.05, 3.63) is 35.4 Å². The number of hydrogen-bond acceptors (Lipinski definition) is 1. The lowest BCUT2D eigenvalue weighted by molar-refractivity contribution is 0.114. The van der Waals surface area contributed by atoms with Gasteiger partial charge in [0.1, 0.15) is 0 Å². The van der Waals surface area contributed by atoms with E-state index in [4.69, 9.17) is 5.26 Å². The van der Waals surface area contributed by atoms with Crippen molar-refractivity contribution in [2.45, 2.75) is 4.83 Å². The minimum Gasteiger partial charge on any atom is -0.192 e. The van der Waals surface area contributed by atoms with Crippen molar-refractivity contribution in [1.82, 2.24) is 0 Å². The number of alkyl halides is 3. The van der Waals surface area contributed by atoms with Crippen LogP contribution in [0.5, 0.6) is 0 Å². The van der Waals surface area contributed by atoms with Gasteiger partial charge in [-0.05, 0) is 28.1 Å². The molecule has 1 rings (SSSR count). The lowest BCUT2D eigenvalue weighted by atomic mass is 10.1. The first-order valence-electron chi connectivity index (χ1n) is 3.11. The summed E-state index contributed by atoms with van der Waals surface area (Å²) in [7, 11) is 0. The van der Waals surface area contributed by atoms with Crippen LogP contribution in [0.2, 0.25) is 0 Å². The molecule has 62 valence electrons. The van der Waals surface area contributed by atoms with Crippen molar-refractivity contribution in [2.24, 2.45) is 0 Å². The summed E-state index contributed by atoms with van der Waals surface area (Å²) in [5.74, 6) is 0. The first-order chi connectivity index (χ1) is 5.54. The predicted octanol–water partition coefficient (Wildman–Crippen LogP) is 3.00. The largest absolute Gasteiger partial charge is 0.326 e. The molecule has 1 aromatic carbocycles. The summed E-state index contributed by atoms with van der Waals surface area (Å²) in [6, 6.07) is 6.98. The molecule has 0 aliphatic rings. The van der Waals surface area contributed by atoms with Crippen LogP contribution in [0.1, 0.15) is 11.1 Å². The minimum absolute atomic E-state index is 0.151. The Hall–Kier alpha value is -0.950. The zero-order chi connectivity index (χ0) is 9.19. The van der Waals surface area contributed by atoms with Crippen LogP contribution in [0.25, 0.3) is 0 Å². The quantitative estimate of drug-likeness (QED) is 0.682. The summed E-state index contributed by atoms with van der Waals surface area (Å²) in [5, 5.41) is 8.38. The molecule has 0 saturated heterocycles. The fraction of sp³-hybridized carbons (Fsp3) is 0.125. The molecular formula is C8H4BrF2N. The maximum absolute atomic E-state index is 12.5. The Kier molecular flexibility index (Phi) is 2.43. The summed E-state index contributed by atoms with van der Waals surface area (Å²) in [6.45, 7) is 0. The molecule has 0 fully saturated rings. The van der Waals surface area contributed by atoms with Crippen molar-refractivity contribution in [1.29, 1.82) is 5.26 Å². The van der Waals surface area contributed by atoms with E-state index < -0.39 is 4.83 Å². The molecule has 0 bridgehead atoms. The van der Waals surface area contributed by atoms with Gasteiger partial charge in [-0.1, -0.05) is 12.1 Å². The summed E-state index contributed by atoms with van der Waals surface area (Å²) < 4.78 is 25.0. The Balaban J connectivity index is 3.02. The number of benzene rings is 1. The molecule has 4 heteroatoms. The second-order valence-electron chi connectivity index (χ2n) is 2.19. The molecule has 0 aliphatic carbocycles. The van der Waals surface area contributed by atoms with E-state index in [9.17, 15) is 8.78 Å². The highest BCUT2D eigenvalue weighted by Gasteiger charge is 2.26. The fourth-order valence-corrected chi connectivity index (χ4v) is 0.998. The van der Waals surface area contributed by atoms with Crippen LogP contribution in [0, 0.1) is 11.3 Å². The Labute approximate surface area is 76.8 Å². The first-order valence-corrected chi connectivity index (χ1v) is 3.90. The zero-order valence-electron chi connectivity index (χ0n) is 5.89. The van der Waals surface area contributed by atoms with Gasteiger partial charge in [-0.25, -0.2) is 0 Å². The standard InChI is InChI=1S/C8H4BrF2N/c9-8(10,11)7-3-1-6(5-12)2-4-7/h1-4H. The van der Waals surface area contributed by atoms with Gasteiger partial charge in [-0.3, -0.25) is 0 Å². The molecule has 1 aromatic rings. The lowest BCUT2D eigenvalue weighted by Crippen LogP contribution is -2.01. The highest BCUT2D eigenvalue weighted by molar-refractivity contribution is 9.09. The Morgan fingerprint density at radius 3 is 2.08 bits per heavy atom. The second kappa shape index (κ2) is 3.20. The van der Waals surface area contributed by atoms with E-state index in [0.29, 0.717) is 5.56 Å². The van der Waals surface area contributed by atoms with Crippen LogP contribution in [-0.4, -0.2) is 0 Å². The van der Waals surface area contributed by atoms with E-state index in [2.05, 4.69) is 15.9 Å². The highest BCUT2D eigenvalue weighted by Crippen LogP contribution is 2.34. The van der Waals surface area contributed by atoms with Gasteiger partial charge >= 0.3 is 4.83 Å².